The van der Waals surface area contributed by atoms with E-state index in [0.717, 1.165) is 6.07 Å². The summed E-state index contributed by atoms with van der Waals surface area (Å²) in [6, 6.07) is 3.77. The van der Waals surface area contributed by atoms with E-state index in [1.807, 2.05) is 0 Å². The van der Waals surface area contributed by atoms with Crippen LogP contribution in [-0.4, -0.2) is 34.0 Å². The lowest BCUT2D eigenvalue weighted by atomic mass is 9.92. The molecule has 0 radical (unpaired) electrons. The predicted molar refractivity (Wildman–Crippen MR) is 72.3 cm³/mol. The fraction of sp³-hybridized carbons (Fsp3) is 0.429. The van der Waals surface area contributed by atoms with Gasteiger partial charge in [-0.05, 0) is 37.5 Å². The number of nitrogens with zero attached hydrogens (tertiary/aromatic N) is 1. The molecule has 0 aromatic heterocycles. The molecule has 1 heterocycles. The second-order valence-corrected chi connectivity index (χ2v) is 5.31. The number of rotatable bonds is 3. The van der Waals surface area contributed by atoms with Crippen LogP contribution in [0.5, 0.6) is 0 Å². The van der Waals surface area contributed by atoms with Gasteiger partial charge >= 0.3 is 5.97 Å². The second kappa shape index (κ2) is 5.40. The number of benzene rings is 1. The van der Waals surface area contributed by atoms with Crippen molar-refractivity contribution in [3.05, 3.63) is 34.6 Å². The first-order valence-electron chi connectivity index (χ1n) is 6.43. The molecule has 1 unspecified atom stereocenters. The zero-order chi connectivity index (χ0) is 14.9. The summed E-state index contributed by atoms with van der Waals surface area (Å²) in [5.74, 6) is -2.37. The van der Waals surface area contributed by atoms with Crippen LogP contribution in [0, 0.1) is 5.82 Å². The molecular formula is C14H15ClFNO3. The Hall–Kier alpha value is -1.62. The lowest BCUT2D eigenvalue weighted by molar-refractivity contribution is -0.148. The molecule has 0 aliphatic carbocycles. The van der Waals surface area contributed by atoms with Crippen LogP contribution in [0.25, 0.3) is 0 Å². The summed E-state index contributed by atoms with van der Waals surface area (Å²) in [5, 5.41) is 9.63. The number of hydrogen-bond acceptors (Lipinski definition) is 2. The number of halogens is 2. The third-order valence-electron chi connectivity index (χ3n) is 3.88. The number of carbonyl (C=O) groups is 2. The molecule has 1 aromatic carbocycles. The fourth-order valence-electron chi connectivity index (χ4n) is 2.72. The Morgan fingerprint density at radius 3 is 2.75 bits per heavy atom. The van der Waals surface area contributed by atoms with Crippen LogP contribution in [0.4, 0.5) is 4.39 Å². The molecule has 1 aromatic rings. The smallest absolute Gasteiger partial charge is 0.329 e. The number of carboxylic acid groups (broad SMARTS) is 1. The van der Waals surface area contributed by atoms with Crippen molar-refractivity contribution in [3.8, 4) is 0 Å². The number of amides is 1. The molecule has 2 rings (SSSR count). The molecule has 20 heavy (non-hydrogen) atoms. The maximum absolute atomic E-state index is 13.8. The van der Waals surface area contributed by atoms with E-state index in [4.69, 9.17) is 11.6 Å². The largest absolute Gasteiger partial charge is 0.479 e. The normalized spacial score (nSPS) is 22.1. The molecule has 0 bridgehead atoms. The number of aliphatic carboxylic acids is 1. The molecular weight excluding hydrogens is 285 g/mol. The number of hydrogen-bond donors (Lipinski definition) is 1. The van der Waals surface area contributed by atoms with E-state index in [1.165, 1.54) is 17.0 Å². The standard InChI is InChI=1S/C14H15ClFNO3/c1-2-14(13(19)20)6-3-7-17(14)12(18)10-5-4-9(15)8-11(10)16/h4-5,8H,2-3,6-7H2,1H3,(H,19,20). The Morgan fingerprint density at radius 1 is 1.50 bits per heavy atom. The highest BCUT2D eigenvalue weighted by Crippen LogP contribution is 2.34. The zero-order valence-electron chi connectivity index (χ0n) is 11.0. The highest BCUT2D eigenvalue weighted by Gasteiger charge is 2.48. The molecule has 1 N–H and O–H groups in total. The molecule has 0 spiro atoms. The van der Waals surface area contributed by atoms with Crippen LogP contribution in [-0.2, 0) is 4.79 Å². The van der Waals surface area contributed by atoms with E-state index in [0.29, 0.717) is 25.8 Å². The van der Waals surface area contributed by atoms with Gasteiger partial charge in [0, 0.05) is 11.6 Å². The molecule has 4 nitrogen and oxygen atoms in total. The monoisotopic (exact) mass is 299 g/mol. The van der Waals surface area contributed by atoms with Gasteiger partial charge in [0.05, 0.1) is 5.56 Å². The van der Waals surface area contributed by atoms with Crippen molar-refractivity contribution < 1.29 is 19.1 Å². The highest BCUT2D eigenvalue weighted by molar-refractivity contribution is 6.30. The summed E-state index contributed by atoms with van der Waals surface area (Å²) >= 11 is 5.66. The summed E-state index contributed by atoms with van der Waals surface area (Å²) < 4.78 is 13.8. The van der Waals surface area contributed by atoms with Gasteiger partial charge in [-0.2, -0.15) is 0 Å². The van der Waals surface area contributed by atoms with Gasteiger partial charge in [0.1, 0.15) is 11.4 Å². The quantitative estimate of drug-likeness (QED) is 0.933. The average molecular weight is 300 g/mol. The van der Waals surface area contributed by atoms with E-state index >= 15 is 0 Å². The molecule has 108 valence electrons. The maximum atomic E-state index is 13.8. The SMILES string of the molecule is CCC1(C(=O)O)CCCN1C(=O)c1ccc(Cl)cc1F. The lowest BCUT2D eigenvalue weighted by Crippen LogP contribution is -2.52. The van der Waals surface area contributed by atoms with Crippen LogP contribution < -0.4 is 0 Å². The summed E-state index contributed by atoms with van der Waals surface area (Å²) in [7, 11) is 0. The Balaban J connectivity index is 2.39. The van der Waals surface area contributed by atoms with Gasteiger partial charge in [0.25, 0.3) is 5.91 Å². The maximum Gasteiger partial charge on any atom is 0.329 e. The summed E-state index contributed by atoms with van der Waals surface area (Å²) in [6.45, 7) is 2.04. The van der Waals surface area contributed by atoms with Crippen LogP contribution in [0.1, 0.15) is 36.5 Å². The molecule has 1 fully saturated rings. The minimum Gasteiger partial charge on any atom is -0.479 e. The molecule has 6 heteroatoms. The van der Waals surface area contributed by atoms with E-state index in [1.54, 1.807) is 6.92 Å². The van der Waals surface area contributed by atoms with Crippen LogP contribution >= 0.6 is 11.6 Å². The Morgan fingerprint density at radius 2 is 2.20 bits per heavy atom. The first kappa shape index (κ1) is 14.8. The molecule has 1 saturated heterocycles. The Labute approximate surface area is 121 Å². The second-order valence-electron chi connectivity index (χ2n) is 4.87. The van der Waals surface area contributed by atoms with E-state index in [-0.39, 0.29) is 10.6 Å². The predicted octanol–water partition coefficient (Wildman–Crippen LogP) is 2.95. The van der Waals surface area contributed by atoms with Gasteiger partial charge in [-0.15, -0.1) is 0 Å². The van der Waals surface area contributed by atoms with Gasteiger partial charge in [-0.3, -0.25) is 4.79 Å². The van der Waals surface area contributed by atoms with Crippen LogP contribution in [0.3, 0.4) is 0 Å². The van der Waals surface area contributed by atoms with Gasteiger partial charge < -0.3 is 10.0 Å². The molecule has 1 amide bonds. The van der Waals surface area contributed by atoms with Crippen molar-refractivity contribution in [2.45, 2.75) is 31.7 Å². The number of carbonyl (C=O) groups excluding carboxylic acids is 1. The molecule has 1 atom stereocenters. The van der Waals surface area contributed by atoms with Crippen molar-refractivity contribution >= 4 is 23.5 Å². The first-order valence-corrected chi connectivity index (χ1v) is 6.80. The lowest BCUT2D eigenvalue weighted by Gasteiger charge is -2.34. The summed E-state index contributed by atoms with van der Waals surface area (Å²) in [4.78, 5) is 25.2. The van der Waals surface area contributed by atoms with Gasteiger partial charge in [0.2, 0.25) is 0 Å². The zero-order valence-corrected chi connectivity index (χ0v) is 11.8. The molecule has 1 aliphatic rings. The number of likely N-dealkylation sites (tertiary alicyclic amines) is 1. The first-order chi connectivity index (χ1) is 9.42. The van der Waals surface area contributed by atoms with Crippen molar-refractivity contribution in [1.29, 1.82) is 0 Å². The third-order valence-corrected chi connectivity index (χ3v) is 4.11. The molecule has 1 aliphatic heterocycles. The van der Waals surface area contributed by atoms with Crippen molar-refractivity contribution in [2.75, 3.05) is 6.54 Å². The Bertz CT molecular complexity index is 563. The summed E-state index contributed by atoms with van der Waals surface area (Å²) in [5.41, 5.74) is -1.38. The molecule has 0 saturated carbocycles. The Kier molecular flexibility index (Phi) is 3.99. The van der Waals surface area contributed by atoms with Crippen LogP contribution in [0.15, 0.2) is 18.2 Å². The van der Waals surface area contributed by atoms with E-state index < -0.39 is 23.2 Å². The van der Waals surface area contributed by atoms with Crippen molar-refractivity contribution in [3.63, 3.8) is 0 Å². The van der Waals surface area contributed by atoms with Crippen LogP contribution in [0.2, 0.25) is 5.02 Å². The van der Waals surface area contributed by atoms with Crippen molar-refractivity contribution in [1.82, 2.24) is 4.90 Å². The van der Waals surface area contributed by atoms with Gasteiger partial charge in [-0.1, -0.05) is 18.5 Å². The van der Waals surface area contributed by atoms with E-state index in [9.17, 15) is 19.1 Å². The summed E-state index contributed by atoms with van der Waals surface area (Å²) in [6.07, 6.45) is 1.28. The van der Waals surface area contributed by atoms with E-state index in [2.05, 4.69) is 0 Å². The average Bonchev–Trinajstić information content (AvgIpc) is 2.83. The van der Waals surface area contributed by atoms with Crippen molar-refractivity contribution in [2.24, 2.45) is 0 Å². The highest BCUT2D eigenvalue weighted by atomic mass is 35.5. The minimum absolute atomic E-state index is 0.143. The fourth-order valence-corrected chi connectivity index (χ4v) is 2.88. The van der Waals surface area contributed by atoms with Gasteiger partial charge in [-0.25, -0.2) is 9.18 Å². The number of carboxylic acids is 1. The topological polar surface area (TPSA) is 57.6 Å². The van der Waals surface area contributed by atoms with Gasteiger partial charge in [0.15, 0.2) is 0 Å². The minimum atomic E-state index is -1.23. The third kappa shape index (κ3) is 2.26.